The summed E-state index contributed by atoms with van der Waals surface area (Å²) < 4.78 is 5.29. The zero-order valence-electron chi connectivity index (χ0n) is 8.18. The standard InChI is InChI=1S/C9H21NO2/c1-3-9(11,4-2)8-12-7-5-6-10/h11H,3-8,10H2,1-2H3. The Balaban J connectivity index is 3.45. The normalized spacial score (nSPS) is 12.0. The molecule has 0 fully saturated rings. The van der Waals surface area contributed by atoms with Crippen LogP contribution in [-0.4, -0.2) is 30.5 Å². The second kappa shape index (κ2) is 6.40. The van der Waals surface area contributed by atoms with Gasteiger partial charge in [-0.05, 0) is 25.8 Å². The Bertz CT molecular complexity index is 103. The molecule has 0 aliphatic carbocycles. The van der Waals surface area contributed by atoms with Gasteiger partial charge >= 0.3 is 0 Å². The zero-order chi connectivity index (χ0) is 9.45. The third-order valence-corrected chi connectivity index (χ3v) is 2.18. The molecule has 0 bridgehead atoms. The van der Waals surface area contributed by atoms with Crippen molar-refractivity contribution in [3.8, 4) is 0 Å². The Labute approximate surface area is 74.9 Å². The van der Waals surface area contributed by atoms with Gasteiger partial charge in [-0.3, -0.25) is 0 Å². The van der Waals surface area contributed by atoms with Gasteiger partial charge in [0.1, 0.15) is 0 Å². The summed E-state index contributed by atoms with van der Waals surface area (Å²) in [4.78, 5) is 0. The molecule has 0 atom stereocenters. The van der Waals surface area contributed by atoms with Crippen LogP contribution in [0.15, 0.2) is 0 Å². The van der Waals surface area contributed by atoms with E-state index in [2.05, 4.69) is 0 Å². The van der Waals surface area contributed by atoms with Crippen LogP contribution >= 0.6 is 0 Å². The fourth-order valence-corrected chi connectivity index (χ4v) is 0.902. The van der Waals surface area contributed by atoms with E-state index in [1.54, 1.807) is 0 Å². The van der Waals surface area contributed by atoms with Crippen LogP contribution in [0, 0.1) is 0 Å². The molecule has 0 aliphatic heterocycles. The number of aliphatic hydroxyl groups is 1. The fourth-order valence-electron chi connectivity index (χ4n) is 0.902. The van der Waals surface area contributed by atoms with Crippen molar-refractivity contribution in [1.82, 2.24) is 0 Å². The van der Waals surface area contributed by atoms with E-state index < -0.39 is 5.60 Å². The van der Waals surface area contributed by atoms with Crippen molar-refractivity contribution in [2.45, 2.75) is 38.7 Å². The highest BCUT2D eigenvalue weighted by molar-refractivity contribution is 4.73. The third kappa shape index (κ3) is 4.70. The molecule has 0 aromatic carbocycles. The van der Waals surface area contributed by atoms with Crippen LogP contribution in [0.25, 0.3) is 0 Å². The molecule has 12 heavy (non-hydrogen) atoms. The lowest BCUT2D eigenvalue weighted by molar-refractivity contribution is -0.0511. The molecule has 3 heteroatoms. The van der Waals surface area contributed by atoms with E-state index in [9.17, 15) is 5.11 Å². The number of ether oxygens (including phenoxy) is 1. The quantitative estimate of drug-likeness (QED) is 0.565. The Morgan fingerprint density at radius 1 is 1.33 bits per heavy atom. The predicted molar refractivity (Wildman–Crippen MR) is 50.0 cm³/mol. The van der Waals surface area contributed by atoms with Crippen molar-refractivity contribution in [2.24, 2.45) is 5.73 Å². The minimum Gasteiger partial charge on any atom is -0.388 e. The molecule has 0 amide bonds. The van der Waals surface area contributed by atoms with Crippen molar-refractivity contribution in [2.75, 3.05) is 19.8 Å². The van der Waals surface area contributed by atoms with Crippen molar-refractivity contribution in [3.05, 3.63) is 0 Å². The molecule has 0 aliphatic rings. The number of hydrogen-bond donors (Lipinski definition) is 2. The summed E-state index contributed by atoms with van der Waals surface area (Å²) in [5.74, 6) is 0. The van der Waals surface area contributed by atoms with Crippen LogP contribution in [0.1, 0.15) is 33.1 Å². The summed E-state index contributed by atoms with van der Waals surface area (Å²) in [5.41, 5.74) is 4.67. The van der Waals surface area contributed by atoms with Gasteiger partial charge in [0, 0.05) is 6.61 Å². The van der Waals surface area contributed by atoms with Gasteiger partial charge in [0.15, 0.2) is 0 Å². The molecule has 0 saturated carbocycles. The van der Waals surface area contributed by atoms with Crippen molar-refractivity contribution < 1.29 is 9.84 Å². The molecule has 0 aromatic heterocycles. The summed E-state index contributed by atoms with van der Waals surface area (Å²) in [6.45, 7) is 5.67. The molecule has 0 unspecified atom stereocenters. The SMILES string of the molecule is CCC(O)(CC)COCCCN. The van der Waals surface area contributed by atoms with Gasteiger partial charge < -0.3 is 15.6 Å². The smallest absolute Gasteiger partial charge is 0.0874 e. The monoisotopic (exact) mass is 175 g/mol. The molecule has 0 heterocycles. The molecule has 0 aromatic rings. The molecule has 3 N–H and O–H groups in total. The van der Waals surface area contributed by atoms with Gasteiger partial charge in [-0.15, -0.1) is 0 Å². The number of rotatable bonds is 7. The van der Waals surface area contributed by atoms with Gasteiger partial charge in [-0.2, -0.15) is 0 Å². The summed E-state index contributed by atoms with van der Waals surface area (Å²) in [6, 6.07) is 0. The van der Waals surface area contributed by atoms with Gasteiger partial charge in [-0.1, -0.05) is 13.8 Å². The van der Waals surface area contributed by atoms with Crippen LogP contribution in [0.5, 0.6) is 0 Å². The molecule has 0 rings (SSSR count). The lowest BCUT2D eigenvalue weighted by Gasteiger charge is -2.24. The van der Waals surface area contributed by atoms with Crippen molar-refractivity contribution in [3.63, 3.8) is 0 Å². The van der Waals surface area contributed by atoms with Crippen LogP contribution in [0.2, 0.25) is 0 Å². The molecular formula is C9H21NO2. The van der Waals surface area contributed by atoms with Gasteiger partial charge in [0.25, 0.3) is 0 Å². The highest BCUT2D eigenvalue weighted by atomic mass is 16.5. The van der Waals surface area contributed by atoms with E-state index in [1.807, 2.05) is 13.8 Å². The van der Waals surface area contributed by atoms with Crippen molar-refractivity contribution in [1.29, 1.82) is 0 Å². The van der Waals surface area contributed by atoms with E-state index in [0.717, 1.165) is 19.3 Å². The Hall–Kier alpha value is -0.120. The second-order valence-corrected chi connectivity index (χ2v) is 3.13. The van der Waals surface area contributed by atoms with Gasteiger partial charge in [0.05, 0.1) is 12.2 Å². The van der Waals surface area contributed by atoms with E-state index in [1.165, 1.54) is 0 Å². The lowest BCUT2D eigenvalue weighted by Crippen LogP contribution is -2.33. The van der Waals surface area contributed by atoms with Crippen LogP contribution in [0.3, 0.4) is 0 Å². The van der Waals surface area contributed by atoms with Crippen LogP contribution in [0.4, 0.5) is 0 Å². The number of hydrogen-bond acceptors (Lipinski definition) is 3. The molecule has 0 spiro atoms. The lowest BCUT2D eigenvalue weighted by atomic mass is 9.99. The molecule has 0 saturated heterocycles. The van der Waals surface area contributed by atoms with E-state index in [-0.39, 0.29) is 0 Å². The first-order valence-electron chi connectivity index (χ1n) is 4.68. The van der Waals surface area contributed by atoms with Gasteiger partial charge in [0.2, 0.25) is 0 Å². The summed E-state index contributed by atoms with van der Waals surface area (Å²) in [6.07, 6.45) is 2.35. The topological polar surface area (TPSA) is 55.5 Å². The highest BCUT2D eigenvalue weighted by Crippen LogP contribution is 2.14. The van der Waals surface area contributed by atoms with Crippen LogP contribution < -0.4 is 5.73 Å². The number of nitrogens with two attached hydrogens (primary N) is 1. The Kier molecular flexibility index (Phi) is 6.34. The summed E-state index contributed by atoms with van der Waals surface area (Å²) in [5, 5.41) is 9.77. The first-order chi connectivity index (χ1) is 5.68. The third-order valence-electron chi connectivity index (χ3n) is 2.18. The first kappa shape index (κ1) is 11.9. The average molecular weight is 175 g/mol. The largest absolute Gasteiger partial charge is 0.388 e. The zero-order valence-corrected chi connectivity index (χ0v) is 8.18. The fraction of sp³-hybridized carbons (Fsp3) is 1.00. The van der Waals surface area contributed by atoms with E-state index >= 15 is 0 Å². The summed E-state index contributed by atoms with van der Waals surface area (Å²) >= 11 is 0. The predicted octanol–water partition coefficient (Wildman–Crippen LogP) is 0.903. The highest BCUT2D eigenvalue weighted by Gasteiger charge is 2.21. The summed E-state index contributed by atoms with van der Waals surface area (Å²) in [7, 11) is 0. The Morgan fingerprint density at radius 2 is 1.92 bits per heavy atom. The maximum atomic E-state index is 9.77. The minimum absolute atomic E-state index is 0.431. The molecule has 74 valence electrons. The van der Waals surface area contributed by atoms with Gasteiger partial charge in [-0.25, -0.2) is 0 Å². The van der Waals surface area contributed by atoms with Crippen molar-refractivity contribution >= 4 is 0 Å². The Morgan fingerprint density at radius 3 is 2.33 bits per heavy atom. The molecular weight excluding hydrogens is 154 g/mol. The molecule has 3 nitrogen and oxygen atoms in total. The maximum absolute atomic E-state index is 9.77. The second-order valence-electron chi connectivity index (χ2n) is 3.13. The molecule has 0 radical (unpaired) electrons. The average Bonchev–Trinajstić information content (AvgIpc) is 2.12. The minimum atomic E-state index is -0.630. The van der Waals surface area contributed by atoms with Crippen LogP contribution in [-0.2, 0) is 4.74 Å². The first-order valence-corrected chi connectivity index (χ1v) is 4.68. The maximum Gasteiger partial charge on any atom is 0.0874 e. The van der Waals surface area contributed by atoms with E-state index in [4.69, 9.17) is 10.5 Å². The van der Waals surface area contributed by atoms with E-state index in [0.29, 0.717) is 19.8 Å².